The summed E-state index contributed by atoms with van der Waals surface area (Å²) in [7, 11) is 2.12. The van der Waals surface area contributed by atoms with E-state index in [-0.39, 0.29) is 0 Å². The summed E-state index contributed by atoms with van der Waals surface area (Å²) in [5, 5.41) is 12.0. The molecule has 1 aliphatic carbocycles. The standard InChI is InChI=1S/C15H20N2O2/c1-17-11-15(16-13(18)19,10-9-14(17)7-8-14)12-5-3-2-4-6-12/h2-6,16H,7-11H2,1H3,(H,18,19). The Balaban J connectivity index is 1.92. The Morgan fingerprint density at radius 3 is 2.37 bits per heavy atom. The Labute approximate surface area is 113 Å². The summed E-state index contributed by atoms with van der Waals surface area (Å²) >= 11 is 0. The molecule has 3 rings (SSSR count). The predicted molar refractivity (Wildman–Crippen MR) is 73.1 cm³/mol. The highest BCUT2D eigenvalue weighted by atomic mass is 16.4. The van der Waals surface area contributed by atoms with Gasteiger partial charge in [0.25, 0.3) is 0 Å². The molecule has 1 heterocycles. The quantitative estimate of drug-likeness (QED) is 0.858. The smallest absolute Gasteiger partial charge is 0.405 e. The molecule has 1 amide bonds. The van der Waals surface area contributed by atoms with Gasteiger partial charge in [-0.25, -0.2) is 4.79 Å². The molecule has 1 saturated heterocycles. The molecule has 1 atom stereocenters. The van der Waals surface area contributed by atoms with Crippen LogP contribution in [-0.4, -0.2) is 35.2 Å². The first-order valence-electron chi connectivity index (χ1n) is 6.84. The number of nitrogens with one attached hydrogen (secondary N) is 1. The zero-order valence-corrected chi connectivity index (χ0v) is 11.2. The van der Waals surface area contributed by atoms with Crippen molar-refractivity contribution >= 4 is 6.09 Å². The number of likely N-dealkylation sites (tertiary alicyclic amines) is 1. The van der Waals surface area contributed by atoms with Gasteiger partial charge < -0.3 is 10.4 Å². The third kappa shape index (κ3) is 2.10. The van der Waals surface area contributed by atoms with Gasteiger partial charge in [0.05, 0.1) is 5.54 Å². The highest BCUT2D eigenvalue weighted by molar-refractivity contribution is 5.66. The predicted octanol–water partition coefficient (Wildman–Crippen LogP) is 2.41. The van der Waals surface area contributed by atoms with Crippen molar-refractivity contribution in [3.8, 4) is 0 Å². The molecule has 1 aromatic carbocycles. The summed E-state index contributed by atoms with van der Waals surface area (Å²) < 4.78 is 0. The van der Waals surface area contributed by atoms with E-state index < -0.39 is 11.6 Å². The fourth-order valence-electron chi connectivity index (χ4n) is 3.44. The first kappa shape index (κ1) is 12.5. The molecule has 2 N–H and O–H groups in total. The van der Waals surface area contributed by atoms with E-state index in [0.29, 0.717) is 5.54 Å². The second kappa shape index (κ2) is 4.23. The van der Waals surface area contributed by atoms with Crippen LogP contribution in [0.1, 0.15) is 31.2 Å². The molecule has 19 heavy (non-hydrogen) atoms. The number of rotatable bonds is 2. The Kier molecular flexibility index (Phi) is 2.78. The lowest BCUT2D eigenvalue weighted by molar-refractivity contribution is 0.0742. The lowest BCUT2D eigenvalue weighted by Gasteiger charge is -2.46. The summed E-state index contributed by atoms with van der Waals surface area (Å²) in [6.07, 6.45) is 3.51. The van der Waals surface area contributed by atoms with Crippen molar-refractivity contribution in [2.45, 2.75) is 36.8 Å². The molecule has 1 aliphatic heterocycles. The molecule has 4 nitrogen and oxygen atoms in total. The average molecular weight is 260 g/mol. The lowest BCUT2D eigenvalue weighted by Crippen LogP contribution is -2.58. The first-order chi connectivity index (χ1) is 9.06. The van der Waals surface area contributed by atoms with Crippen LogP contribution in [0.15, 0.2) is 30.3 Å². The van der Waals surface area contributed by atoms with Crippen molar-refractivity contribution < 1.29 is 9.90 Å². The van der Waals surface area contributed by atoms with Crippen molar-refractivity contribution in [2.24, 2.45) is 0 Å². The van der Waals surface area contributed by atoms with Crippen LogP contribution >= 0.6 is 0 Å². The minimum Gasteiger partial charge on any atom is -0.465 e. The number of amides is 1. The second-order valence-electron chi connectivity index (χ2n) is 5.96. The van der Waals surface area contributed by atoms with Crippen molar-refractivity contribution in [3.63, 3.8) is 0 Å². The molecule has 4 heteroatoms. The van der Waals surface area contributed by atoms with Gasteiger partial charge in [-0.3, -0.25) is 4.90 Å². The van der Waals surface area contributed by atoms with Crippen LogP contribution in [-0.2, 0) is 5.54 Å². The monoisotopic (exact) mass is 260 g/mol. The van der Waals surface area contributed by atoms with Crippen LogP contribution in [0.25, 0.3) is 0 Å². The van der Waals surface area contributed by atoms with Gasteiger partial charge in [0.1, 0.15) is 0 Å². The van der Waals surface area contributed by atoms with Gasteiger partial charge in [-0.1, -0.05) is 30.3 Å². The number of hydrogen-bond donors (Lipinski definition) is 2. The summed E-state index contributed by atoms with van der Waals surface area (Å²) in [5.74, 6) is 0. The topological polar surface area (TPSA) is 52.6 Å². The SMILES string of the molecule is CN1CC(NC(=O)O)(c2ccccc2)CCC12CC2. The summed E-state index contributed by atoms with van der Waals surface area (Å²) in [4.78, 5) is 13.5. The maximum atomic E-state index is 11.2. The van der Waals surface area contributed by atoms with Gasteiger partial charge in [-0.2, -0.15) is 0 Å². The molecule has 2 aliphatic rings. The van der Waals surface area contributed by atoms with E-state index >= 15 is 0 Å². The largest absolute Gasteiger partial charge is 0.465 e. The number of carboxylic acid groups (broad SMARTS) is 1. The summed E-state index contributed by atoms with van der Waals surface area (Å²) in [6, 6.07) is 9.96. The highest BCUT2D eigenvalue weighted by Crippen LogP contribution is 2.51. The number of benzene rings is 1. The van der Waals surface area contributed by atoms with Crippen LogP contribution in [0.5, 0.6) is 0 Å². The number of hydrogen-bond acceptors (Lipinski definition) is 2. The van der Waals surface area contributed by atoms with Crippen LogP contribution in [0.2, 0.25) is 0 Å². The summed E-state index contributed by atoms with van der Waals surface area (Å²) in [6.45, 7) is 0.753. The molecule has 1 unspecified atom stereocenters. The molecule has 2 fully saturated rings. The van der Waals surface area contributed by atoms with Crippen LogP contribution in [0.4, 0.5) is 4.79 Å². The molecule has 1 aromatic rings. The maximum Gasteiger partial charge on any atom is 0.405 e. The van der Waals surface area contributed by atoms with Crippen LogP contribution < -0.4 is 5.32 Å². The normalized spacial score (nSPS) is 29.1. The van der Waals surface area contributed by atoms with Crippen molar-refractivity contribution in [1.82, 2.24) is 10.2 Å². The van der Waals surface area contributed by atoms with Gasteiger partial charge in [0, 0.05) is 12.1 Å². The van der Waals surface area contributed by atoms with E-state index in [2.05, 4.69) is 17.3 Å². The van der Waals surface area contributed by atoms with E-state index in [1.807, 2.05) is 30.3 Å². The number of likely N-dealkylation sites (N-methyl/N-ethyl adjacent to an activating group) is 1. The lowest BCUT2D eigenvalue weighted by atomic mass is 9.79. The van der Waals surface area contributed by atoms with E-state index in [4.69, 9.17) is 0 Å². The third-order valence-electron chi connectivity index (χ3n) is 4.83. The van der Waals surface area contributed by atoms with Gasteiger partial charge >= 0.3 is 6.09 Å². The first-order valence-corrected chi connectivity index (χ1v) is 6.84. The van der Waals surface area contributed by atoms with Crippen molar-refractivity contribution in [3.05, 3.63) is 35.9 Å². The zero-order valence-electron chi connectivity index (χ0n) is 11.2. The van der Waals surface area contributed by atoms with E-state index in [1.165, 1.54) is 12.8 Å². The fraction of sp³-hybridized carbons (Fsp3) is 0.533. The fourth-order valence-corrected chi connectivity index (χ4v) is 3.44. The van der Waals surface area contributed by atoms with Gasteiger partial charge in [0.2, 0.25) is 0 Å². The van der Waals surface area contributed by atoms with E-state index in [0.717, 1.165) is 24.9 Å². The minimum absolute atomic E-state index is 0.360. The van der Waals surface area contributed by atoms with E-state index in [9.17, 15) is 9.90 Å². The van der Waals surface area contributed by atoms with Crippen molar-refractivity contribution in [2.75, 3.05) is 13.6 Å². The Hall–Kier alpha value is -1.55. The molecular weight excluding hydrogens is 240 g/mol. The second-order valence-corrected chi connectivity index (χ2v) is 5.96. The van der Waals surface area contributed by atoms with Gasteiger partial charge in [-0.05, 0) is 38.3 Å². The average Bonchev–Trinajstić information content (AvgIpc) is 3.16. The van der Waals surface area contributed by atoms with Gasteiger partial charge in [-0.15, -0.1) is 0 Å². The molecular formula is C15H20N2O2. The molecule has 102 valence electrons. The highest BCUT2D eigenvalue weighted by Gasteiger charge is 2.53. The molecule has 0 aromatic heterocycles. The number of carbonyl (C=O) groups is 1. The molecule has 1 spiro atoms. The van der Waals surface area contributed by atoms with Crippen LogP contribution in [0.3, 0.4) is 0 Å². The molecule has 0 bridgehead atoms. The number of nitrogens with zero attached hydrogens (tertiary/aromatic N) is 1. The number of piperidine rings is 1. The Morgan fingerprint density at radius 2 is 1.84 bits per heavy atom. The van der Waals surface area contributed by atoms with Gasteiger partial charge in [0.15, 0.2) is 0 Å². The van der Waals surface area contributed by atoms with E-state index in [1.54, 1.807) is 0 Å². The maximum absolute atomic E-state index is 11.2. The zero-order chi connectivity index (χ0) is 13.5. The third-order valence-corrected chi connectivity index (χ3v) is 4.83. The molecule has 0 radical (unpaired) electrons. The minimum atomic E-state index is -0.941. The summed E-state index contributed by atoms with van der Waals surface area (Å²) in [5.41, 5.74) is 0.966. The Bertz CT molecular complexity index is 484. The van der Waals surface area contributed by atoms with Crippen LogP contribution in [0, 0.1) is 0 Å². The molecule has 1 saturated carbocycles. The van der Waals surface area contributed by atoms with Crippen molar-refractivity contribution in [1.29, 1.82) is 0 Å². The Morgan fingerprint density at radius 1 is 1.21 bits per heavy atom.